The van der Waals surface area contributed by atoms with Gasteiger partial charge in [-0.2, -0.15) is 0 Å². The summed E-state index contributed by atoms with van der Waals surface area (Å²) in [5.41, 5.74) is 3.80. The summed E-state index contributed by atoms with van der Waals surface area (Å²) in [5, 5.41) is 6.07. The van der Waals surface area contributed by atoms with Crippen molar-refractivity contribution in [2.45, 2.75) is 18.9 Å². The van der Waals surface area contributed by atoms with Crippen LogP contribution in [0.1, 0.15) is 39.1 Å². The van der Waals surface area contributed by atoms with E-state index in [9.17, 15) is 9.59 Å². The number of hydrogen-bond acceptors (Lipinski definition) is 3. The van der Waals surface area contributed by atoms with E-state index < -0.39 is 0 Å². The first-order chi connectivity index (χ1) is 12.7. The van der Waals surface area contributed by atoms with E-state index in [-0.39, 0.29) is 11.7 Å². The van der Waals surface area contributed by atoms with Crippen LogP contribution in [-0.4, -0.2) is 32.3 Å². The Morgan fingerprint density at radius 1 is 1.08 bits per heavy atom. The maximum absolute atomic E-state index is 12.8. The van der Waals surface area contributed by atoms with Crippen molar-refractivity contribution < 1.29 is 9.59 Å². The molecule has 1 fully saturated rings. The zero-order valence-corrected chi connectivity index (χ0v) is 13.9. The summed E-state index contributed by atoms with van der Waals surface area (Å²) < 4.78 is 1.75. The van der Waals surface area contributed by atoms with Gasteiger partial charge < -0.3 is 5.32 Å². The lowest BCUT2D eigenvalue weighted by molar-refractivity contribution is 0.0950. The fourth-order valence-electron chi connectivity index (χ4n) is 3.13. The third-order valence-corrected chi connectivity index (χ3v) is 4.69. The van der Waals surface area contributed by atoms with Crippen molar-refractivity contribution in [3.8, 4) is 0 Å². The molecule has 26 heavy (non-hydrogen) atoms. The summed E-state index contributed by atoms with van der Waals surface area (Å²) in [6.45, 7) is 0. The van der Waals surface area contributed by atoms with Crippen LogP contribution in [0.25, 0.3) is 16.7 Å². The van der Waals surface area contributed by atoms with Crippen LogP contribution in [0.3, 0.4) is 0 Å². The first-order valence-corrected chi connectivity index (χ1v) is 8.61. The zero-order chi connectivity index (χ0) is 17.7. The molecule has 0 aliphatic heterocycles. The first-order valence-electron chi connectivity index (χ1n) is 8.61. The fraction of sp³-hybridized carbons (Fsp3) is 0.150. The topological polar surface area (TPSA) is 79.3 Å². The van der Waals surface area contributed by atoms with Gasteiger partial charge in [0.25, 0.3) is 5.91 Å². The quantitative estimate of drug-likeness (QED) is 0.559. The molecule has 0 radical (unpaired) electrons. The highest BCUT2D eigenvalue weighted by atomic mass is 16.1. The number of amides is 1. The monoisotopic (exact) mass is 344 g/mol. The number of aromatic amines is 1. The highest BCUT2D eigenvalue weighted by Gasteiger charge is 2.24. The lowest BCUT2D eigenvalue weighted by atomic mass is 10.1. The molecule has 0 spiro atoms. The van der Waals surface area contributed by atoms with Gasteiger partial charge in [-0.1, -0.05) is 30.3 Å². The molecule has 4 aromatic rings. The van der Waals surface area contributed by atoms with Gasteiger partial charge in [-0.3, -0.25) is 14.7 Å². The van der Waals surface area contributed by atoms with Crippen LogP contribution in [0.5, 0.6) is 0 Å². The number of hydrogen-bond donors (Lipinski definition) is 2. The van der Waals surface area contributed by atoms with E-state index in [0.29, 0.717) is 28.4 Å². The Kier molecular flexibility index (Phi) is 3.18. The molecule has 2 aromatic carbocycles. The van der Waals surface area contributed by atoms with Crippen molar-refractivity contribution >= 4 is 28.4 Å². The standard InChI is InChI=1S/C20H16N4O2/c25-18(12-4-2-1-3-5-12)15-11-21-24-17-10-13(20(26)22-14-7-8-14)6-9-16(17)23-19(15)24/h1-6,9-11,14,21H,7-8H2,(H,22,26). The number of imidazole rings is 1. The lowest BCUT2D eigenvalue weighted by Crippen LogP contribution is -2.25. The molecule has 1 saturated carbocycles. The van der Waals surface area contributed by atoms with Crippen LogP contribution in [-0.2, 0) is 0 Å². The number of H-pyrrole nitrogens is 1. The molecule has 2 aromatic heterocycles. The summed E-state index contributed by atoms with van der Waals surface area (Å²) >= 11 is 0. The number of carbonyl (C=O) groups excluding carboxylic acids is 2. The van der Waals surface area contributed by atoms with Gasteiger partial charge >= 0.3 is 0 Å². The predicted molar refractivity (Wildman–Crippen MR) is 97.4 cm³/mol. The maximum atomic E-state index is 12.8. The van der Waals surface area contributed by atoms with Crippen LogP contribution < -0.4 is 5.32 Å². The minimum absolute atomic E-state index is 0.0727. The Morgan fingerprint density at radius 3 is 2.65 bits per heavy atom. The van der Waals surface area contributed by atoms with Crippen LogP contribution in [0.2, 0.25) is 0 Å². The zero-order valence-electron chi connectivity index (χ0n) is 13.9. The van der Waals surface area contributed by atoms with E-state index in [1.807, 2.05) is 24.3 Å². The van der Waals surface area contributed by atoms with Crippen molar-refractivity contribution in [1.82, 2.24) is 19.9 Å². The van der Waals surface area contributed by atoms with Gasteiger partial charge in [0, 0.05) is 23.4 Å². The van der Waals surface area contributed by atoms with E-state index in [4.69, 9.17) is 0 Å². The van der Waals surface area contributed by atoms with Crippen LogP contribution in [0, 0.1) is 0 Å². The second kappa shape index (κ2) is 5.56. The van der Waals surface area contributed by atoms with Crippen molar-refractivity contribution in [1.29, 1.82) is 0 Å². The number of aromatic nitrogens is 3. The SMILES string of the molecule is O=C(NC1CC1)c1ccc2nc3c(C(=O)c4ccccc4)c[nH]n3c2c1. The van der Waals surface area contributed by atoms with Crippen molar-refractivity contribution in [2.24, 2.45) is 0 Å². The largest absolute Gasteiger partial charge is 0.349 e. The van der Waals surface area contributed by atoms with E-state index in [0.717, 1.165) is 23.9 Å². The Morgan fingerprint density at radius 2 is 1.88 bits per heavy atom. The van der Waals surface area contributed by atoms with E-state index >= 15 is 0 Å². The maximum Gasteiger partial charge on any atom is 0.251 e. The molecule has 6 nitrogen and oxygen atoms in total. The number of nitrogens with one attached hydrogen (secondary N) is 2. The van der Waals surface area contributed by atoms with Crippen molar-refractivity contribution in [3.05, 3.63) is 71.4 Å². The summed E-state index contributed by atoms with van der Waals surface area (Å²) in [6, 6.07) is 14.8. The average molecular weight is 344 g/mol. The third kappa shape index (κ3) is 2.38. The predicted octanol–water partition coefficient (Wildman–Crippen LogP) is 2.94. The summed E-state index contributed by atoms with van der Waals surface area (Å²) in [7, 11) is 0. The van der Waals surface area contributed by atoms with Gasteiger partial charge in [-0.15, -0.1) is 0 Å². The van der Waals surface area contributed by atoms with Crippen molar-refractivity contribution in [2.75, 3.05) is 0 Å². The number of benzene rings is 2. The normalized spacial score (nSPS) is 14.0. The molecule has 2 N–H and O–H groups in total. The Balaban J connectivity index is 1.58. The van der Waals surface area contributed by atoms with Crippen LogP contribution >= 0.6 is 0 Å². The number of carbonyl (C=O) groups is 2. The molecule has 5 rings (SSSR count). The molecule has 0 unspecified atom stereocenters. The summed E-state index contributed by atoms with van der Waals surface area (Å²) in [5.74, 6) is -0.157. The van der Waals surface area contributed by atoms with Gasteiger partial charge in [0.1, 0.15) is 0 Å². The van der Waals surface area contributed by atoms with Gasteiger partial charge in [-0.05, 0) is 31.0 Å². The van der Waals surface area contributed by atoms with E-state index in [2.05, 4.69) is 15.4 Å². The molecule has 0 saturated heterocycles. The Hall–Kier alpha value is -3.41. The molecule has 1 aliphatic carbocycles. The number of ketones is 1. The van der Waals surface area contributed by atoms with Gasteiger partial charge in [-0.25, -0.2) is 9.50 Å². The Bertz CT molecular complexity index is 1150. The average Bonchev–Trinajstić information content (AvgIpc) is 3.27. The highest BCUT2D eigenvalue weighted by molar-refractivity contribution is 6.13. The molecule has 2 heterocycles. The van der Waals surface area contributed by atoms with E-state index in [1.54, 1.807) is 35.0 Å². The molecular weight excluding hydrogens is 328 g/mol. The molecule has 0 bridgehead atoms. The third-order valence-electron chi connectivity index (χ3n) is 4.69. The van der Waals surface area contributed by atoms with Crippen LogP contribution in [0.4, 0.5) is 0 Å². The minimum Gasteiger partial charge on any atom is -0.349 e. The van der Waals surface area contributed by atoms with Crippen molar-refractivity contribution in [3.63, 3.8) is 0 Å². The summed E-state index contributed by atoms with van der Waals surface area (Å²) in [6.07, 6.45) is 3.76. The first kappa shape index (κ1) is 14.9. The Labute approximate surface area is 148 Å². The van der Waals surface area contributed by atoms with Gasteiger partial charge in [0.05, 0.1) is 16.6 Å². The molecule has 1 aliphatic rings. The minimum atomic E-state index is -0.0844. The van der Waals surface area contributed by atoms with Gasteiger partial charge in [0.15, 0.2) is 11.4 Å². The lowest BCUT2D eigenvalue weighted by Gasteiger charge is -2.02. The second-order valence-electron chi connectivity index (χ2n) is 6.60. The molecule has 128 valence electrons. The summed E-state index contributed by atoms with van der Waals surface area (Å²) in [4.78, 5) is 29.6. The molecule has 6 heteroatoms. The highest BCUT2D eigenvalue weighted by Crippen LogP contribution is 2.23. The number of nitrogens with zero attached hydrogens (tertiary/aromatic N) is 2. The van der Waals surface area contributed by atoms with Gasteiger partial charge in [0.2, 0.25) is 0 Å². The molecular formula is C20H16N4O2. The fourth-order valence-corrected chi connectivity index (χ4v) is 3.13. The second-order valence-corrected chi connectivity index (χ2v) is 6.60. The van der Waals surface area contributed by atoms with E-state index in [1.165, 1.54) is 0 Å². The number of fused-ring (bicyclic) bond motifs is 3. The van der Waals surface area contributed by atoms with Crippen LogP contribution in [0.15, 0.2) is 54.7 Å². The molecule has 0 atom stereocenters. The number of rotatable bonds is 4. The smallest absolute Gasteiger partial charge is 0.251 e. The molecule has 1 amide bonds.